The Morgan fingerprint density at radius 3 is 2.56 bits per heavy atom. The first-order chi connectivity index (χ1) is 4.14. The van der Waals surface area contributed by atoms with Gasteiger partial charge in [-0.2, -0.15) is 0 Å². The van der Waals surface area contributed by atoms with Crippen molar-refractivity contribution in [3.63, 3.8) is 0 Å². The van der Waals surface area contributed by atoms with E-state index in [1.54, 1.807) is 0 Å². The second-order valence-electron chi connectivity index (χ2n) is 3.63. The molecule has 0 aromatic carbocycles. The van der Waals surface area contributed by atoms with Crippen LogP contribution in [0.4, 0.5) is 0 Å². The van der Waals surface area contributed by atoms with Crippen molar-refractivity contribution in [2.45, 2.75) is 26.3 Å². The fourth-order valence-corrected chi connectivity index (χ4v) is 1.36. The molecule has 1 aliphatic heterocycles. The molecule has 2 nitrogen and oxygen atoms in total. The predicted molar refractivity (Wildman–Crippen MR) is 37.3 cm³/mol. The summed E-state index contributed by atoms with van der Waals surface area (Å²) in [7, 11) is 0. The van der Waals surface area contributed by atoms with E-state index < -0.39 is 0 Å². The third kappa shape index (κ3) is 1.66. The van der Waals surface area contributed by atoms with Gasteiger partial charge in [0.2, 0.25) is 0 Å². The summed E-state index contributed by atoms with van der Waals surface area (Å²) in [6.45, 7) is 5.76. The first kappa shape index (κ1) is 7.03. The summed E-state index contributed by atoms with van der Waals surface area (Å²) in [5.41, 5.74) is 0.396. The van der Waals surface area contributed by atoms with E-state index >= 15 is 0 Å². The standard InChI is InChI=1S/C7H15NO/c1-7(2)3-6(4-9)8-5-7/h6,8-9H,3-5H2,1-2H3/t6-/m1/s1. The molecule has 0 aromatic rings. The highest BCUT2D eigenvalue weighted by atomic mass is 16.3. The van der Waals surface area contributed by atoms with Crippen LogP contribution < -0.4 is 5.32 Å². The summed E-state index contributed by atoms with van der Waals surface area (Å²) in [4.78, 5) is 0. The molecule has 0 radical (unpaired) electrons. The van der Waals surface area contributed by atoms with Crippen molar-refractivity contribution in [3.8, 4) is 0 Å². The first-order valence-electron chi connectivity index (χ1n) is 3.48. The molecule has 0 spiro atoms. The van der Waals surface area contributed by atoms with Crippen LogP contribution in [0.15, 0.2) is 0 Å². The van der Waals surface area contributed by atoms with E-state index in [4.69, 9.17) is 5.11 Å². The van der Waals surface area contributed by atoms with E-state index in [-0.39, 0.29) is 6.61 Å². The minimum Gasteiger partial charge on any atom is -0.395 e. The first-order valence-corrected chi connectivity index (χ1v) is 3.48. The lowest BCUT2D eigenvalue weighted by Crippen LogP contribution is -2.24. The van der Waals surface area contributed by atoms with Crippen molar-refractivity contribution in [2.75, 3.05) is 13.2 Å². The Kier molecular flexibility index (Phi) is 1.78. The highest BCUT2D eigenvalue weighted by molar-refractivity contribution is 4.86. The van der Waals surface area contributed by atoms with Crippen LogP contribution in [0.3, 0.4) is 0 Å². The van der Waals surface area contributed by atoms with E-state index in [0.29, 0.717) is 11.5 Å². The molecule has 54 valence electrons. The Balaban J connectivity index is 2.38. The molecule has 0 amide bonds. The highest BCUT2D eigenvalue weighted by Gasteiger charge is 2.29. The SMILES string of the molecule is CC1(C)CN[C@@H](CO)C1. The topological polar surface area (TPSA) is 32.3 Å². The Labute approximate surface area is 56.3 Å². The van der Waals surface area contributed by atoms with Crippen molar-refractivity contribution in [2.24, 2.45) is 5.41 Å². The summed E-state index contributed by atoms with van der Waals surface area (Å²) >= 11 is 0. The maximum Gasteiger partial charge on any atom is 0.0584 e. The monoisotopic (exact) mass is 129 g/mol. The summed E-state index contributed by atoms with van der Waals surface area (Å²) in [5.74, 6) is 0. The van der Waals surface area contributed by atoms with Crippen LogP contribution in [-0.2, 0) is 0 Å². The van der Waals surface area contributed by atoms with Crippen molar-refractivity contribution >= 4 is 0 Å². The maximum absolute atomic E-state index is 8.74. The number of hydrogen-bond donors (Lipinski definition) is 2. The molecule has 0 bridgehead atoms. The molecule has 1 fully saturated rings. The molecule has 0 aromatic heterocycles. The van der Waals surface area contributed by atoms with Crippen LogP contribution in [0.2, 0.25) is 0 Å². The smallest absolute Gasteiger partial charge is 0.0584 e. The van der Waals surface area contributed by atoms with Gasteiger partial charge in [0.1, 0.15) is 0 Å². The predicted octanol–water partition coefficient (Wildman–Crippen LogP) is 0.367. The number of aliphatic hydroxyl groups excluding tert-OH is 1. The second-order valence-corrected chi connectivity index (χ2v) is 3.63. The zero-order chi connectivity index (χ0) is 6.91. The fourth-order valence-electron chi connectivity index (χ4n) is 1.36. The van der Waals surface area contributed by atoms with Crippen LogP contribution in [0.5, 0.6) is 0 Å². The average Bonchev–Trinajstić information content (AvgIpc) is 2.10. The minimum atomic E-state index is 0.281. The fraction of sp³-hybridized carbons (Fsp3) is 1.00. The lowest BCUT2D eigenvalue weighted by molar-refractivity contribution is 0.247. The van der Waals surface area contributed by atoms with Gasteiger partial charge in [0.05, 0.1) is 6.61 Å². The lowest BCUT2D eigenvalue weighted by Gasteiger charge is -2.14. The Morgan fingerprint density at radius 2 is 2.33 bits per heavy atom. The molecule has 1 heterocycles. The molecule has 1 atom stereocenters. The van der Waals surface area contributed by atoms with Gasteiger partial charge < -0.3 is 10.4 Å². The van der Waals surface area contributed by atoms with Crippen molar-refractivity contribution in [1.29, 1.82) is 0 Å². The van der Waals surface area contributed by atoms with Gasteiger partial charge in [-0.25, -0.2) is 0 Å². The zero-order valence-corrected chi connectivity index (χ0v) is 6.15. The van der Waals surface area contributed by atoms with Gasteiger partial charge >= 0.3 is 0 Å². The normalized spacial score (nSPS) is 33.0. The zero-order valence-electron chi connectivity index (χ0n) is 6.15. The van der Waals surface area contributed by atoms with Crippen LogP contribution in [-0.4, -0.2) is 24.3 Å². The van der Waals surface area contributed by atoms with E-state index in [2.05, 4.69) is 19.2 Å². The summed E-state index contributed by atoms with van der Waals surface area (Å²) in [5, 5.41) is 12.0. The van der Waals surface area contributed by atoms with Crippen LogP contribution in [0.1, 0.15) is 20.3 Å². The number of aliphatic hydroxyl groups is 1. The molecule has 0 aliphatic carbocycles. The Morgan fingerprint density at radius 1 is 1.67 bits per heavy atom. The molecular formula is C7H15NO. The van der Waals surface area contributed by atoms with E-state index in [9.17, 15) is 0 Å². The van der Waals surface area contributed by atoms with Gasteiger partial charge in [-0.15, -0.1) is 0 Å². The molecule has 2 N–H and O–H groups in total. The molecular weight excluding hydrogens is 114 g/mol. The van der Waals surface area contributed by atoms with E-state index in [1.807, 2.05) is 0 Å². The third-order valence-electron chi connectivity index (χ3n) is 1.89. The van der Waals surface area contributed by atoms with Crippen LogP contribution >= 0.6 is 0 Å². The quantitative estimate of drug-likeness (QED) is 0.536. The van der Waals surface area contributed by atoms with Crippen LogP contribution in [0.25, 0.3) is 0 Å². The Hall–Kier alpha value is -0.0800. The molecule has 0 saturated carbocycles. The molecule has 2 heteroatoms. The van der Waals surface area contributed by atoms with Gasteiger partial charge in [-0.05, 0) is 11.8 Å². The van der Waals surface area contributed by atoms with Crippen molar-refractivity contribution in [1.82, 2.24) is 5.32 Å². The van der Waals surface area contributed by atoms with Gasteiger partial charge in [0.15, 0.2) is 0 Å². The molecule has 0 unspecified atom stereocenters. The van der Waals surface area contributed by atoms with Gasteiger partial charge in [-0.3, -0.25) is 0 Å². The summed E-state index contributed by atoms with van der Waals surface area (Å²) < 4.78 is 0. The number of nitrogens with one attached hydrogen (secondary N) is 1. The van der Waals surface area contributed by atoms with Gasteiger partial charge in [0, 0.05) is 12.6 Å². The molecule has 1 rings (SSSR count). The Bertz CT molecular complexity index is 101. The van der Waals surface area contributed by atoms with Crippen molar-refractivity contribution < 1.29 is 5.11 Å². The maximum atomic E-state index is 8.74. The third-order valence-corrected chi connectivity index (χ3v) is 1.89. The van der Waals surface area contributed by atoms with Crippen LogP contribution in [0, 0.1) is 5.41 Å². The highest BCUT2D eigenvalue weighted by Crippen LogP contribution is 2.26. The summed E-state index contributed by atoms with van der Waals surface area (Å²) in [6.07, 6.45) is 1.10. The van der Waals surface area contributed by atoms with Gasteiger partial charge in [-0.1, -0.05) is 13.8 Å². The van der Waals surface area contributed by atoms with E-state index in [1.165, 1.54) is 0 Å². The largest absolute Gasteiger partial charge is 0.395 e. The number of hydrogen-bond acceptors (Lipinski definition) is 2. The minimum absolute atomic E-state index is 0.281. The average molecular weight is 129 g/mol. The van der Waals surface area contributed by atoms with E-state index in [0.717, 1.165) is 13.0 Å². The van der Waals surface area contributed by atoms with Gasteiger partial charge in [0.25, 0.3) is 0 Å². The molecule has 1 saturated heterocycles. The number of rotatable bonds is 1. The molecule has 1 aliphatic rings. The van der Waals surface area contributed by atoms with Crippen molar-refractivity contribution in [3.05, 3.63) is 0 Å². The second kappa shape index (κ2) is 2.27. The molecule has 9 heavy (non-hydrogen) atoms. The lowest BCUT2D eigenvalue weighted by atomic mass is 9.91. The summed E-state index contributed by atoms with van der Waals surface area (Å²) in [6, 6.07) is 0.347.